The Morgan fingerprint density at radius 2 is 0.679 bits per heavy atom. The number of halogens is 3. The van der Waals surface area contributed by atoms with Crippen LogP contribution >= 0.6 is 0 Å². The third kappa shape index (κ3) is 7.65. The fraction of sp³-hybridized carbons (Fsp3) is 0.410. The van der Waals surface area contributed by atoms with Crippen LogP contribution in [0.1, 0.15) is 38.9 Å². The second-order valence-electron chi connectivity index (χ2n) is 12.1. The standard InChI is InChI=1S/C39H51O9Si.3ClH.Ti/c1-20-17-27(40-8)37(33(46-14)30(20)43-11)49(36-25(6)23(4)24(5)26(36)7,38-28(41-9)18-21(2)31(44-12)34(38)47-15)39-29(42-10)19-22(3)32(45-13)35(39)48-16;;;;/h17-19H,1-16H3;3*1H;/q-1;;;;+4/p-3. The molecule has 0 aliphatic rings. The van der Waals surface area contributed by atoms with E-state index in [1.54, 1.807) is 64.0 Å². The van der Waals surface area contributed by atoms with E-state index in [1.165, 1.54) is 0 Å². The van der Waals surface area contributed by atoms with E-state index in [2.05, 4.69) is 27.7 Å². The van der Waals surface area contributed by atoms with Gasteiger partial charge in [-0.3, -0.25) is 0 Å². The van der Waals surface area contributed by atoms with Crippen LogP contribution in [0.3, 0.4) is 0 Å². The molecule has 0 fully saturated rings. The van der Waals surface area contributed by atoms with Gasteiger partial charge in [-0.25, -0.2) is 0 Å². The molecule has 290 valence electrons. The normalized spacial score (nSPS) is 10.4. The van der Waals surface area contributed by atoms with E-state index >= 15 is 0 Å². The van der Waals surface area contributed by atoms with Crippen LogP contribution in [0.2, 0.25) is 0 Å². The number of rotatable bonds is 13. The molecule has 14 heteroatoms. The number of ether oxygens (including phenoxy) is 9. The Hall–Kier alpha value is -2.99. The summed E-state index contributed by atoms with van der Waals surface area (Å²) in [5, 5.41) is 3.32. The van der Waals surface area contributed by atoms with Crippen molar-refractivity contribution in [2.75, 3.05) is 64.0 Å². The summed E-state index contributed by atoms with van der Waals surface area (Å²) in [5.41, 5.74) is 7.03. The van der Waals surface area contributed by atoms with Gasteiger partial charge in [0.1, 0.15) is 17.2 Å². The van der Waals surface area contributed by atoms with E-state index in [1.807, 2.05) is 39.0 Å². The minimum Gasteiger partial charge on any atom is -1.00 e. The zero-order chi connectivity index (χ0) is 36.5. The number of hydrogen-bond donors (Lipinski definition) is 0. The first-order valence-corrected chi connectivity index (χ1v) is 18.0. The molecule has 0 N–H and O–H groups in total. The molecule has 0 atom stereocenters. The summed E-state index contributed by atoms with van der Waals surface area (Å²) in [6, 6.07) is 5.96. The molecule has 0 aromatic heterocycles. The van der Waals surface area contributed by atoms with E-state index in [0.717, 1.165) is 59.7 Å². The van der Waals surface area contributed by atoms with Crippen molar-refractivity contribution < 1.29 is 102 Å². The molecular weight excluding hydrogens is 795 g/mol. The molecule has 0 aliphatic carbocycles. The van der Waals surface area contributed by atoms with Crippen molar-refractivity contribution in [3.63, 3.8) is 0 Å². The predicted octanol–water partition coefficient (Wildman–Crippen LogP) is -3.97. The maximum absolute atomic E-state index is 6.44. The molecular formula is C39H51Cl3O9SiTi. The summed E-state index contributed by atoms with van der Waals surface area (Å²) >= 11 is 0. The molecule has 53 heavy (non-hydrogen) atoms. The summed E-state index contributed by atoms with van der Waals surface area (Å²) in [5.74, 6) is 4.99. The van der Waals surface area contributed by atoms with Gasteiger partial charge in [-0.2, -0.15) is 27.4 Å². The number of methoxy groups -OCH3 is 9. The van der Waals surface area contributed by atoms with Gasteiger partial charge in [-0.05, 0) is 55.7 Å². The van der Waals surface area contributed by atoms with Crippen LogP contribution in [0, 0.1) is 48.5 Å². The molecule has 4 aromatic carbocycles. The minimum atomic E-state index is -3.99. The summed E-state index contributed by atoms with van der Waals surface area (Å²) in [6.45, 7) is 14.5. The Kier molecular flexibility index (Phi) is 18.9. The second-order valence-corrected chi connectivity index (χ2v) is 15.6. The summed E-state index contributed by atoms with van der Waals surface area (Å²) in [4.78, 5) is 0. The zero-order valence-electron chi connectivity index (χ0n) is 33.5. The summed E-state index contributed by atoms with van der Waals surface area (Å²) in [7, 11) is 10.9. The van der Waals surface area contributed by atoms with Gasteiger partial charge in [-0.1, -0.05) is 27.7 Å². The molecule has 4 aromatic rings. The average Bonchev–Trinajstić information content (AvgIpc) is 3.29. The fourth-order valence-electron chi connectivity index (χ4n) is 7.64. The van der Waals surface area contributed by atoms with E-state index in [9.17, 15) is 0 Å². The maximum Gasteiger partial charge on any atom is 4.00 e. The molecule has 4 rings (SSSR count). The predicted molar refractivity (Wildman–Crippen MR) is 198 cm³/mol. The van der Waals surface area contributed by atoms with Gasteiger partial charge in [0, 0.05) is 15.6 Å². The van der Waals surface area contributed by atoms with Crippen molar-refractivity contribution in [2.45, 2.75) is 48.5 Å². The average molecular weight is 846 g/mol. The van der Waals surface area contributed by atoms with Gasteiger partial charge >= 0.3 is 21.7 Å². The van der Waals surface area contributed by atoms with Crippen LogP contribution in [0.25, 0.3) is 0 Å². The van der Waals surface area contributed by atoms with Crippen LogP contribution < -0.4 is 101 Å². The first-order chi connectivity index (χ1) is 23.4. The van der Waals surface area contributed by atoms with Gasteiger partial charge in [-0.15, -0.1) is 0 Å². The van der Waals surface area contributed by atoms with Crippen LogP contribution in [-0.4, -0.2) is 72.1 Å². The molecule has 0 radical (unpaired) electrons. The molecule has 9 nitrogen and oxygen atoms in total. The number of hydrogen-bond acceptors (Lipinski definition) is 9. The summed E-state index contributed by atoms with van der Waals surface area (Å²) < 4.78 is 56.8. The monoisotopic (exact) mass is 844 g/mol. The Bertz CT molecular complexity index is 1700. The SMILES string of the molecule is COc1cc(C)c(OC)c(OC)c1[Si](c1c(OC)cc(C)c(OC)c1OC)(c1c(OC)cc(C)c(OC)c1OC)c1c(C)c(C)c(C)[c-]1C.[Cl-].[Cl-].[Cl-].[Ti+4]. The van der Waals surface area contributed by atoms with Crippen molar-refractivity contribution in [1.82, 2.24) is 0 Å². The molecule has 0 aliphatic heterocycles. The van der Waals surface area contributed by atoms with Crippen molar-refractivity contribution >= 4 is 28.8 Å². The first-order valence-electron chi connectivity index (χ1n) is 16.0. The largest absolute Gasteiger partial charge is 4.00 e. The number of aryl methyl sites for hydroxylation is 3. The maximum atomic E-state index is 6.44. The number of benzene rings is 3. The van der Waals surface area contributed by atoms with Crippen molar-refractivity contribution in [3.05, 3.63) is 57.1 Å². The van der Waals surface area contributed by atoms with E-state index in [0.29, 0.717) is 51.7 Å². The van der Waals surface area contributed by atoms with Crippen molar-refractivity contribution in [1.29, 1.82) is 0 Å². The zero-order valence-corrected chi connectivity index (χ0v) is 38.4. The van der Waals surface area contributed by atoms with Crippen molar-refractivity contribution in [3.8, 4) is 51.7 Å². The summed E-state index contributed by atoms with van der Waals surface area (Å²) in [6.07, 6.45) is 0. The molecule has 0 heterocycles. The van der Waals surface area contributed by atoms with Gasteiger partial charge in [0.05, 0.1) is 64.0 Å². The van der Waals surface area contributed by atoms with Gasteiger partial charge in [0.2, 0.25) is 0 Å². The van der Waals surface area contributed by atoms with Crippen LogP contribution in [-0.2, 0) is 21.7 Å². The van der Waals surface area contributed by atoms with Crippen LogP contribution in [0.5, 0.6) is 51.7 Å². The van der Waals surface area contributed by atoms with Crippen LogP contribution in [0.4, 0.5) is 0 Å². The third-order valence-corrected chi connectivity index (χ3v) is 15.1. The Morgan fingerprint density at radius 1 is 0.415 bits per heavy atom. The van der Waals surface area contributed by atoms with Crippen LogP contribution in [0.15, 0.2) is 18.2 Å². The van der Waals surface area contributed by atoms with E-state index < -0.39 is 8.07 Å². The fourth-order valence-corrected chi connectivity index (χ4v) is 13.9. The van der Waals surface area contributed by atoms with Gasteiger partial charge in [0.25, 0.3) is 0 Å². The Labute approximate surface area is 349 Å². The Morgan fingerprint density at radius 3 is 0.868 bits per heavy atom. The van der Waals surface area contributed by atoms with Crippen molar-refractivity contribution in [2.24, 2.45) is 0 Å². The van der Waals surface area contributed by atoms with Gasteiger partial charge < -0.3 is 79.9 Å². The topological polar surface area (TPSA) is 83.1 Å². The van der Waals surface area contributed by atoms with E-state index in [4.69, 9.17) is 42.6 Å². The molecule has 0 spiro atoms. The first kappa shape index (κ1) is 50.0. The van der Waals surface area contributed by atoms with Gasteiger partial charge in [0.15, 0.2) is 42.6 Å². The Balaban J connectivity index is 0.00000676. The molecule has 0 unspecified atom stereocenters. The smallest absolute Gasteiger partial charge is 1.00 e. The molecule has 0 amide bonds. The molecule has 0 saturated heterocycles. The molecule has 0 bridgehead atoms. The quantitative estimate of drug-likeness (QED) is 0.0762. The third-order valence-electron chi connectivity index (χ3n) is 9.98. The second kappa shape index (κ2) is 20.1. The van der Waals surface area contributed by atoms with E-state index in [-0.39, 0.29) is 58.9 Å². The molecule has 0 saturated carbocycles. The minimum absolute atomic E-state index is 0.